The van der Waals surface area contributed by atoms with Crippen LogP contribution in [0.5, 0.6) is 0 Å². The van der Waals surface area contributed by atoms with E-state index in [1.807, 2.05) is 31.2 Å². The molecular formula is C19H18ClN5O2. The quantitative estimate of drug-likeness (QED) is 0.564. The lowest BCUT2D eigenvalue weighted by Crippen LogP contribution is -2.06. The van der Waals surface area contributed by atoms with Gasteiger partial charge in [-0.3, -0.25) is 0 Å². The molecule has 0 unspecified atom stereocenters. The standard InChI is InChI=1S/C19H18ClN5O2/c1-11-5-3-4-6-14(11)23-17-15(20)16(24-19(21)25-17)22-13-9-7-12(8-10-13)18(26)27-2/h3-10H,1-2H3,(H4,21,22,23,24,25). The van der Waals surface area contributed by atoms with Gasteiger partial charge in [0.15, 0.2) is 11.6 Å². The van der Waals surface area contributed by atoms with Crippen molar-refractivity contribution in [1.82, 2.24) is 9.97 Å². The number of esters is 1. The number of benzene rings is 2. The highest BCUT2D eigenvalue weighted by atomic mass is 35.5. The van der Waals surface area contributed by atoms with Gasteiger partial charge in [0.05, 0.1) is 12.7 Å². The summed E-state index contributed by atoms with van der Waals surface area (Å²) >= 11 is 6.46. The molecule has 0 fully saturated rings. The van der Waals surface area contributed by atoms with Crippen LogP contribution in [0, 0.1) is 6.92 Å². The molecule has 1 heterocycles. The van der Waals surface area contributed by atoms with Gasteiger partial charge in [-0.05, 0) is 42.8 Å². The topological polar surface area (TPSA) is 102 Å². The van der Waals surface area contributed by atoms with E-state index in [4.69, 9.17) is 17.3 Å². The van der Waals surface area contributed by atoms with E-state index in [2.05, 4.69) is 25.3 Å². The monoisotopic (exact) mass is 383 g/mol. The SMILES string of the molecule is COC(=O)c1ccc(Nc2nc(N)nc(Nc3ccccc3C)c2Cl)cc1. The van der Waals surface area contributed by atoms with Crippen LogP contribution in [0.3, 0.4) is 0 Å². The number of nitrogens with one attached hydrogen (secondary N) is 2. The maximum absolute atomic E-state index is 11.5. The van der Waals surface area contributed by atoms with Crippen molar-refractivity contribution in [3.63, 3.8) is 0 Å². The van der Waals surface area contributed by atoms with Crippen molar-refractivity contribution < 1.29 is 9.53 Å². The van der Waals surface area contributed by atoms with E-state index in [0.717, 1.165) is 11.3 Å². The molecule has 8 heteroatoms. The van der Waals surface area contributed by atoms with Crippen LogP contribution < -0.4 is 16.4 Å². The molecule has 3 aromatic rings. The number of ether oxygens (including phenoxy) is 1. The Morgan fingerprint density at radius 1 is 1.04 bits per heavy atom. The molecule has 0 radical (unpaired) electrons. The van der Waals surface area contributed by atoms with Crippen molar-refractivity contribution >= 4 is 46.5 Å². The first-order valence-corrected chi connectivity index (χ1v) is 8.47. The van der Waals surface area contributed by atoms with Crippen LogP contribution in [0.25, 0.3) is 0 Å². The highest BCUT2D eigenvalue weighted by Gasteiger charge is 2.13. The second-order valence-corrected chi connectivity index (χ2v) is 6.10. The van der Waals surface area contributed by atoms with Gasteiger partial charge in [-0.2, -0.15) is 9.97 Å². The number of carbonyl (C=O) groups is 1. The Hall–Kier alpha value is -3.32. The fraction of sp³-hybridized carbons (Fsp3) is 0.105. The van der Waals surface area contributed by atoms with Crippen molar-refractivity contribution in [2.24, 2.45) is 0 Å². The molecule has 7 nitrogen and oxygen atoms in total. The van der Waals surface area contributed by atoms with Crippen LogP contribution >= 0.6 is 11.6 Å². The first-order chi connectivity index (χ1) is 13.0. The van der Waals surface area contributed by atoms with Crippen LogP contribution in [0.2, 0.25) is 5.02 Å². The lowest BCUT2D eigenvalue weighted by Gasteiger charge is -2.14. The van der Waals surface area contributed by atoms with Gasteiger partial charge >= 0.3 is 5.97 Å². The molecule has 3 rings (SSSR count). The molecule has 4 N–H and O–H groups in total. The number of halogens is 1. The Kier molecular flexibility index (Phi) is 5.42. The molecule has 0 saturated carbocycles. The Morgan fingerprint density at radius 2 is 1.67 bits per heavy atom. The molecule has 2 aromatic carbocycles. The average Bonchev–Trinajstić information content (AvgIpc) is 2.67. The molecular weight excluding hydrogens is 366 g/mol. The number of anilines is 5. The summed E-state index contributed by atoms with van der Waals surface area (Å²) in [6.07, 6.45) is 0. The van der Waals surface area contributed by atoms with E-state index < -0.39 is 5.97 Å². The zero-order valence-corrected chi connectivity index (χ0v) is 15.5. The van der Waals surface area contributed by atoms with E-state index in [1.54, 1.807) is 24.3 Å². The first-order valence-electron chi connectivity index (χ1n) is 8.09. The average molecular weight is 384 g/mol. The van der Waals surface area contributed by atoms with Gasteiger partial charge in [0.1, 0.15) is 5.02 Å². The number of hydrogen-bond acceptors (Lipinski definition) is 7. The number of hydrogen-bond donors (Lipinski definition) is 3. The van der Waals surface area contributed by atoms with E-state index in [1.165, 1.54) is 7.11 Å². The van der Waals surface area contributed by atoms with Gasteiger partial charge in [-0.15, -0.1) is 0 Å². The highest BCUT2D eigenvalue weighted by molar-refractivity contribution is 6.35. The predicted octanol–water partition coefficient (Wildman–Crippen LogP) is 4.29. The van der Waals surface area contributed by atoms with Crippen LogP contribution in [-0.2, 0) is 4.74 Å². The lowest BCUT2D eigenvalue weighted by atomic mass is 10.2. The second kappa shape index (κ2) is 7.92. The fourth-order valence-corrected chi connectivity index (χ4v) is 2.59. The number of methoxy groups -OCH3 is 1. The molecule has 0 spiro atoms. The minimum Gasteiger partial charge on any atom is -0.465 e. The minimum atomic E-state index is -0.407. The summed E-state index contributed by atoms with van der Waals surface area (Å²) in [5, 5.41) is 6.55. The number of carbonyl (C=O) groups excluding carboxylic acids is 1. The first kappa shape index (κ1) is 18.5. The summed E-state index contributed by atoms with van der Waals surface area (Å²) in [4.78, 5) is 19.9. The zero-order chi connectivity index (χ0) is 19.4. The summed E-state index contributed by atoms with van der Waals surface area (Å²) in [5.74, 6) is 0.415. The number of aryl methyl sites for hydroxylation is 1. The Balaban J connectivity index is 1.87. The molecule has 0 aliphatic rings. The Morgan fingerprint density at radius 3 is 2.30 bits per heavy atom. The third-order valence-corrected chi connectivity index (χ3v) is 4.19. The summed E-state index contributed by atoms with van der Waals surface area (Å²) < 4.78 is 4.69. The maximum Gasteiger partial charge on any atom is 0.337 e. The van der Waals surface area contributed by atoms with Gasteiger partial charge in [-0.25, -0.2) is 4.79 Å². The molecule has 0 aliphatic carbocycles. The van der Waals surface area contributed by atoms with Gasteiger partial charge in [0.2, 0.25) is 5.95 Å². The number of rotatable bonds is 5. The summed E-state index contributed by atoms with van der Waals surface area (Å²) in [6, 6.07) is 14.5. The molecule has 0 saturated heterocycles. The molecule has 0 aliphatic heterocycles. The Bertz CT molecular complexity index is 976. The van der Waals surface area contributed by atoms with E-state index in [0.29, 0.717) is 27.9 Å². The molecule has 1 aromatic heterocycles. The summed E-state index contributed by atoms with van der Waals surface area (Å²) in [6.45, 7) is 1.98. The number of nitrogen functional groups attached to an aromatic ring is 1. The molecule has 0 bridgehead atoms. The normalized spacial score (nSPS) is 10.3. The van der Waals surface area contributed by atoms with Crippen LogP contribution in [0.1, 0.15) is 15.9 Å². The van der Waals surface area contributed by atoms with Gasteiger partial charge in [-0.1, -0.05) is 29.8 Å². The largest absolute Gasteiger partial charge is 0.465 e. The molecule has 0 atom stereocenters. The van der Waals surface area contributed by atoms with Crippen molar-refractivity contribution in [3.8, 4) is 0 Å². The molecule has 138 valence electrons. The smallest absolute Gasteiger partial charge is 0.337 e. The van der Waals surface area contributed by atoms with Crippen molar-refractivity contribution in [3.05, 3.63) is 64.7 Å². The maximum atomic E-state index is 11.5. The predicted molar refractivity (Wildman–Crippen MR) is 107 cm³/mol. The third kappa shape index (κ3) is 4.27. The van der Waals surface area contributed by atoms with Gasteiger partial charge in [0.25, 0.3) is 0 Å². The minimum absolute atomic E-state index is 0.0733. The number of nitrogens with two attached hydrogens (primary N) is 1. The molecule has 27 heavy (non-hydrogen) atoms. The zero-order valence-electron chi connectivity index (χ0n) is 14.8. The van der Waals surface area contributed by atoms with Crippen LogP contribution in [0.4, 0.5) is 29.0 Å². The van der Waals surface area contributed by atoms with Crippen molar-refractivity contribution in [2.45, 2.75) is 6.92 Å². The lowest BCUT2D eigenvalue weighted by molar-refractivity contribution is 0.0601. The summed E-state index contributed by atoms with van der Waals surface area (Å²) in [7, 11) is 1.33. The van der Waals surface area contributed by atoms with Crippen LogP contribution in [0.15, 0.2) is 48.5 Å². The highest BCUT2D eigenvalue weighted by Crippen LogP contribution is 2.32. The second-order valence-electron chi connectivity index (χ2n) is 5.73. The van der Waals surface area contributed by atoms with E-state index in [-0.39, 0.29) is 5.95 Å². The number of nitrogens with zero attached hydrogens (tertiary/aromatic N) is 2. The van der Waals surface area contributed by atoms with Gasteiger partial charge < -0.3 is 21.1 Å². The van der Waals surface area contributed by atoms with Crippen molar-refractivity contribution in [2.75, 3.05) is 23.5 Å². The van der Waals surface area contributed by atoms with Gasteiger partial charge in [0, 0.05) is 11.4 Å². The number of aromatic nitrogens is 2. The summed E-state index contributed by atoms with van der Waals surface area (Å²) in [5.41, 5.74) is 8.87. The Labute approximate surface area is 161 Å². The van der Waals surface area contributed by atoms with Crippen LogP contribution in [-0.4, -0.2) is 23.0 Å². The fourth-order valence-electron chi connectivity index (χ4n) is 2.41. The van der Waals surface area contributed by atoms with E-state index in [9.17, 15) is 4.79 Å². The van der Waals surface area contributed by atoms with E-state index >= 15 is 0 Å². The third-order valence-electron chi connectivity index (χ3n) is 3.84. The molecule has 0 amide bonds. The van der Waals surface area contributed by atoms with Crippen molar-refractivity contribution in [1.29, 1.82) is 0 Å². The number of para-hydroxylation sites is 1.